The summed E-state index contributed by atoms with van der Waals surface area (Å²) in [5.41, 5.74) is -14.1. The number of hydrogen-bond donors (Lipinski definition) is 12. The Kier molecular flexibility index (Phi) is 10.8. The molecule has 50 heavy (non-hydrogen) atoms. The number of aromatic hydroxyl groups is 6. The van der Waals surface area contributed by atoms with E-state index in [0.717, 1.165) is 60.7 Å². The Bertz CT molecular complexity index is 1960. The molecule has 4 atom stereocenters. The van der Waals surface area contributed by atoms with E-state index in [4.69, 9.17) is 0 Å². The minimum Gasteiger partial charge on any atom is -0.504 e. The Labute approximate surface area is 279 Å². The number of carbonyl (C=O) groups excluding carboxylic acids is 3. The molecule has 3 aromatic carbocycles. The number of ketones is 3. The molecular formula is C33H28O17. The van der Waals surface area contributed by atoms with Crippen molar-refractivity contribution in [2.75, 3.05) is 0 Å². The van der Waals surface area contributed by atoms with Crippen molar-refractivity contribution in [2.45, 2.75) is 22.9 Å². The van der Waals surface area contributed by atoms with E-state index in [0.29, 0.717) is 12.2 Å². The summed E-state index contributed by atoms with van der Waals surface area (Å²) in [5, 5.41) is 123. The number of hydrogen-bond acceptors (Lipinski definition) is 15. The molecule has 0 unspecified atom stereocenters. The van der Waals surface area contributed by atoms with Crippen LogP contribution in [0.15, 0.2) is 72.8 Å². The zero-order valence-electron chi connectivity index (χ0n) is 25.1. The average Bonchev–Trinajstić information content (AvgIpc) is 3.07. The van der Waals surface area contributed by atoms with E-state index in [9.17, 15) is 85.3 Å². The lowest BCUT2D eigenvalue weighted by Gasteiger charge is -2.43. The molecule has 0 amide bonds. The molecule has 12 N–H and O–H groups in total. The number of phenolic OH excluding ortho intramolecular Hbond substituents is 6. The maximum absolute atomic E-state index is 13.6. The van der Waals surface area contributed by atoms with Crippen LogP contribution in [0.2, 0.25) is 0 Å². The van der Waals surface area contributed by atoms with E-state index >= 15 is 0 Å². The number of carbonyl (C=O) groups is 5. The van der Waals surface area contributed by atoms with E-state index in [1.54, 1.807) is 0 Å². The molecule has 0 saturated carbocycles. The minimum absolute atomic E-state index is 0.120. The maximum atomic E-state index is 13.6. The summed E-state index contributed by atoms with van der Waals surface area (Å²) in [7, 11) is 0. The van der Waals surface area contributed by atoms with E-state index in [-0.39, 0.29) is 34.9 Å². The van der Waals surface area contributed by atoms with Crippen LogP contribution in [0.3, 0.4) is 0 Å². The first-order chi connectivity index (χ1) is 23.2. The van der Waals surface area contributed by atoms with Crippen LogP contribution < -0.4 is 0 Å². The summed E-state index contributed by atoms with van der Waals surface area (Å²) in [5.74, 6) is -15.9. The van der Waals surface area contributed by atoms with Crippen molar-refractivity contribution in [3.63, 3.8) is 0 Å². The van der Waals surface area contributed by atoms with Gasteiger partial charge in [-0.25, -0.2) is 9.59 Å². The van der Waals surface area contributed by atoms with Crippen LogP contribution >= 0.6 is 0 Å². The maximum Gasteiger partial charge on any atom is 0.347 e. The van der Waals surface area contributed by atoms with Gasteiger partial charge in [-0.05, 0) is 71.3 Å². The molecule has 0 saturated heterocycles. The van der Waals surface area contributed by atoms with Gasteiger partial charge >= 0.3 is 11.9 Å². The second-order valence-electron chi connectivity index (χ2n) is 10.6. The molecule has 0 radical (unpaired) electrons. The van der Waals surface area contributed by atoms with Crippen molar-refractivity contribution in [3.8, 4) is 34.5 Å². The van der Waals surface area contributed by atoms with Gasteiger partial charge in [0.25, 0.3) is 11.2 Å². The number of aliphatic carboxylic acids is 2. The zero-order chi connectivity index (χ0) is 37.8. The molecule has 0 bridgehead atoms. The molecule has 262 valence electrons. The molecule has 3 rings (SSSR count). The Morgan fingerprint density at radius 2 is 0.840 bits per heavy atom. The van der Waals surface area contributed by atoms with Crippen LogP contribution in [0.4, 0.5) is 0 Å². The molecule has 17 nitrogen and oxygen atoms in total. The molecule has 0 aliphatic rings. The van der Waals surface area contributed by atoms with Gasteiger partial charge in [-0.2, -0.15) is 0 Å². The summed E-state index contributed by atoms with van der Waals surface area (Å²) < 4.78 is 0. The molecule has 0 spiro atoms. The number of aliphatic hydroxyl groups is 4. The number of carboxylic acid groups (broad SMARTS) is 2. The van der Waals surface area contributed by atoms with E-state index in [2.05, 4.69) is 0 Å². The molecule has 0 aliphatic carbocycles. The van der Waals surface area contributed by atoms with Crippen LogP contribution in [0.25, 0.3) is 18.2 Å². The third kappa shape index (κ3) is 7.00. The fraction of sp³-hybridized carbons (Fsp3) is 0.121. The molecule has 3 aromatic rings. The fourth-order valence-electron chi connectivity index (χ4n) is 4.45. The monoisotopic (exact) mass is 696 g/mol. The number of aliphatic hydroxyl groups excluding tert-OH is 1. The lowest BCUT2D eigenvalue weighted by molar-refractivity contribution is -0.234. The SMILES string of the molecule is O=C(O)[C@](O)(C(=O)/C=C/c1ccc(O)c(O)c1)[C@@H](O)[C@](O)(C(=O)/C=C/c1ccc(O)c(O)c1)[C@](O)(C(=O)O)C(=O)/C=C/c1ccc(O)c(O)c1. The van der Waals surface area contributed by atoms with Gasteiger partial charge < -0.3 is 61.3 Å². The summed E-state index contributed by atoms with van der Waals surface area (Å²) in [6.07, 6.45) is -1.12. The smallest absolute Gasteiger partial charge is 0.347 e. The van der Waals surface area contributed by atoms with Gasteiger partial charge in [0, 0.05) is 0 Å². The predicted octanol–water partition coefficient (Wildman–Crippen LogP) is -0.209. The second-order valence-corrected chi connectivity index (χ2v) is 10.6. The molecule has 0 heterocycles. The topological polar surface area (TPSA) is 328 Å². The average molecular weight is 697 g/mol. The third-order valence-corrected chi connectivity index (χ3v) is 7.37. The van der Waals surface area contributed by atoms with Gasteiger partial charge in [0.05, 0.1) is 0 Å². The van der Waals surface area contributed by atoms with Gasteiger partial charge in [0.15, 0.2) is 40.3 Å². The summed E-state index contributed by atoms with van der Waals surface area (Å²) in [4.78, 5) is 65.1. The zero-order valence-corrected chi connectivity index (χ0v) is 25.1. The molecule has 17 heteroatoms. The van der Waals surface area contributed by atoms with Crippen molar-refractivity contribution < 1.29 is 85.3 Å². The van der Waals surface area contributed by atoms with Crippen molar-refractivity contribution in [3.05, 3.63) is 89.5 Å². The summed E-state index contributed by atoms with van der Waals surface area (Å²) in [6.45, 7) is 0. The lowest BCUT2D eigenvalue weighted by Crippen LogP contribution is -2.78. The van der Waals surface area contributed by atoms with Gasteiger partial charge in [-0.1, -0.05) is 36.4 Å². The highest BCUT2D eigenvalue weighted by atomic mass is 16.5. The molecular weight excluding hydrogens is 668 g/mol. The first-order valence-corrected chi connectivity index (χ1v) is 13.8. The molecule has 0 fully saturated rings. The normalized spacial score (nSPS) is 16.0. The van der Waals surface area contributed by atoms with Gasteiger partial charge in [-0.15, -0.1) is 0 Å². The van der Waals surface area contributed by atoms with E-state index < -0.39 is 86.7 Å². The predicted molar refractivity (Wildman–Crippen MR) is 168 cm³/mol. The van der Waals surface area contributed by atoms with Crippen LogP contribution in [-0.2, 0) is 24.0 Å². The first kappa shape index (κ1) is 37.9. The first-order valence-electron chi connectivity index (χ1n) is 13.8. The Balaban J connectivity index is 2.25. The van der Waals surface area contributed by atoms with Gasteiger partial charge in [0.1, 0.15) is 6.10 Å². The lowest BCUT2D eigenvalue weighted by atomic mass is 9.67. The Morgan fingerprint density at radius 1 is 0.500 bits per heavy atom. The third-order valence-electron chi connectivity index (χ3n) is 7.37. The number of phenols is 6. The van der Waals surface area contributed by atoms with E-state index in [1.165, 1.54) is 0 Å². The minimum atomic E-state index is -4.65. The summed E-state index contributed by atoms with van der Waals surface area (Å²) in [6, 6.07) is 8.57. The van der Waals surface area contributed by atoms with Crippen molar-refractivity contribution in [1.29, 1.82) is 0 Å². The summed E-state index contributed by atoms with van der Waals surface area (Å²) >= 11 is 0. The Hall–Kier alpha value is -6.53. The van der Waals surface area contributed by atoms with Crippen LogP contribution in [0.5, 0.6) is 34.5 Å². The second kappa shape index (κ2) is 14.3. The molecule has 0 aromatic heterocycles. The van der Waals surface area contributed by atoms with Crippen molar-refractivity contribution in [2.24, 2.45) is 0 Å². The van der Waals surface area contributed by atoms with Crippen molar-refractivity contribution in [1.82, 2.24) is 0 Å². The van der Waals surface area contributed by atoms with Gasteiger partial charge in [0.2, 0.25) is 17.2 Å². The highest BCUT2D eigenvalue weighted by Gasteiger charge is 2.73. The standard InChI is InChI=1S/C33H28O17/c34-19-7-1-16(13-22(19)37)4-10-25(40)31(48,29(44)45)28(43)32(49,26(41)11-5-17-2-8-20(35)23(38)14-17)33(50,30(46)47)27(42)12-6-18-3-9-21(36)24(39)15-18/h1-15,28,34-39,43,48-50H,(H,44,45)(H,46,47)/b10-4+,11-5+,12-6+/t28-,31+,32-,33-/m1/s1. The van der Waals surface area contributed by atoms with Crippen LogP contribution in [0.1, 0.15) is 16.7 Å². The van der Waals surface area contributed by atoms with Crippen molar-refractivity contribution >= 4 is 47.5 Å². The van der Waals surface area contributed by atoms with Crippen LogP contribution in [0, 0.1) is 0 Å². The largest absolute Gasteiger partial charge is 0.504 e. The highest BCUT2D eigenvalue weighted by molar-refractivity contribution is 6.22. The molecule has 0 aliphatic heterocycles. The number of rotatable bonds is 14. The van der Waals surface area contributed by atoms with Crippen LogP contribution in [-0.4, -0.2) is 113 Å². The fourth-order valence-corrected chi connectivity index (χ4v) is 4.45. The quantitative estimate of drug-likeness (QED) is 0.0589. The highest BCUT2D eigenvalue weighted by Crippen LogP contribution is 2.37. The Morgan fingerprint density at radius 3 is 1.16 bits per heavy atom. The number of carboxylic acids is 2. The number of benzene rings is 3. The van der Waals surface area contributed by atoms with E-state index in [1.807, 2.05) is 0 Å². The van der Waals surface area contributed by atoms with Gasteiger partial charge in [-0.3, -0.25) is 14.4 Å².